The van der Waals surface area contributed by atoms with Crippen molar-refractivity contribution in [3.05, 3.63) is 119 Å². The maximum Gasteiger partial charge on any atom is 0.255 e. The Labute approximate surface area is 298 Å². The van der Waals surface area contributed by atoms with Crippen LogP contribution in [0.2, 0.25) is 0 Å². The molecule has 3 aliphatic rings. The maximum absolute atomic E-state index is 14.8. The van der Waals surface area contributed by atoms with E-state index in [1.807, 2.05) is 84.6 Å². The standard InChI is InChI=1S/C42H36N4O6/c1-42-40(47)29(43-51-23-24-11-5-4-6-12-24)20-34(52-42)45-30-15-9-7-13-26(30)36-37-28(35-27-14-8-10-16-31(27)46(42)39(35)38(36)45)22-44(41(37)48)21-25-17-18-32(49-2)33(19-25)50-3/h4-19,34,40,47H,20-23H2,1-3H3/b43-29+/t34-,40-,42+/m1/s1. The molecular formula is C42H36N4O6. The fraction of sp³-hybridized carbons (Fsp3) is 0.238. The highest BCUT2D eigenvalue weighted by Gasteiger charge is 2.52. The number of hydrogen-bond donors (Lipinski definition) is 1. The molecule has 5 heterocycles. The van der Waals surface area contributed by atoms with Crippen LogP contribution in [0.4, 0.5) is 0 Å². The number of aliphatic hydroxyl groups excluding tert-OH is 1. The number of rotatable bonds is 7. The van der Waals surface area contributed by atoms with E-state index in [1.165, 1.54) is 0 Å². The average Bonchev–Trinajstić information content (AvgIpc) is 3.79. The van der Waals surface area contributed by atoms with Crippen LogP contribution in [0.3, 0.4) is 0 Å². The molecule has 0 saturated carbocycles. The molecule has 1 saturated heterocycles. The van der Waals surface area contributed by atoms with E-state index < -0.39 is 18.1 Å². The predicted molar refractivity (Wildman–Crippen MR) is 199 cm³/mol. The number of benzene rings is 5. The summed E-state index contributed by atoms with van der Waals surface area (Å²) in [6.45, 7) is 3.04. The highest BCUT2D eigenvalue weighted by molar-refractivity contribution is 6.31. The second kappa shape index (κ2) is 11.3. The second-order valence-corrected chi connectivity index (χ2v) is 14.0. The van der Waals surface area contributed by atoms with Gasteiger partial charge in [-0.15, -0.1) is 0 Å². The molecule has 0 unspecified atom stereocenters. The van der Waals surface area contributed by atoms with Gasteiger partial charge in [-0.05, 0) is 47.9 Å². The summed E-state index contributed by atoms with van der Waals surface area (Å²) in [7, 11) is 3.23. The minimum Gasteiger partial charge on any atom is -0.493 e. The van der Waals surface area contributed by atoms with Crippen LogP contribution in [0.25, 0.3) is 43.6 Å². The van der Waals surface area contributed by atoms with Crippen molar-refractivity contribution < 1.29 is 28.9 Å². The molecule has 0 radical (unpaired) electrons. The number of carbonyl (C=O) groups is 1. The first-order valence-corrected chi connectivity index (χ1v) is 17.5. The number of para-hydroxylation sites is 2. The summed E-state index contributed by atoms with van der Waals surface area (Å²) in [5.41, 5.74) is 6.57. The van der Waals surface area contributed by atoms with Crippen molar-refractivity contribution in [3.8, 4) is 11.5 Å². The first kappa shape index (κ1) is 30.9. The Bertz CT molecular complexity index is 2640. The molecule has 2 bridgehead atoms. The zero-order chi connectivity index (χ0) is 35.3. The van der Waals surface area contributed by atoms with Crippen molar-refractivity contribution in [1.29, 1.82) is 0 Å². The number of aromatic nitrogens is 2. The fourth-order valence-corrected chi connectivity index (χ4v) is 8.85. The largest absolute Gasteiger partial charge is 0.493 e. The van der Waals surface area contributed by atoms with Gasteiger partial charge in [0, 0.05) is 41.1 Å². The third-order valence-electron chi connectivity index (χ3n) is 11.1. The van der Waals surface area contributed by atoms with Gasteiger partial charge in [-0.3, -0.25) is 4.79 Å². The van der Waals surface area contributed by atoms with Gasteiger partial charge in [-0.1, -0.05) is 78.0 Å². The average molecular weight is 693 g/mol. The zero-order valence-corrected chi connectivity index (χ0v) is 29.0. The fourth-order valence-electron chi connectivity index (χ4n) is 8.85. The topological polar surface area (TPSA) is 99.7 Å². The lowest BCUT2D eigenvalue weighted by Crippen LogP contribution is -2.53. The summed E-state index contributed by atoms with van der Waals surface area (Å²) in [6.07, 6.45) is -1.34. The van der Waals surface area contributed by atoms with Gasteiger partial charge in [-0.2, -0.15) is 0 Å². The number of carbonyl (C=O) groups excluding carboxylic acids is 1. The van der Waals surface area contributed by atoms with E-state index in [9.17, 15) is 9.90 Å². The first-order chi connectivity index (χ1) is 25.4. The van der Waals surface area contributed by atoms with Gasteiger partial charge >= 0.3 is 0 Å². The first-order valence-electron chi connectivity index (χ1n) is 17.5. The molecule has 1 amide bonds. The Balaban J connectivity index is 1.21. The smallest absolute Gasteiger partial charge is 0.255 e. The summed E-state index contributed by atoms with van der Waals surface area (Å²) in [4.78, 5) is 22.6. The van der Waals surface area contributed by atoms with Gasteiger partial charge in [0.05, 0.1) is 47.6 Å². The van der Waals surface area contributed by atoms with Crippen LogP contribution in [0.15, 0.2) is 102 Å². The molecule has 3 aliphatic heterocycles. The lowest BCUT2D eigenvalue weighted by atomic mass is 9.96. The van der Waals surface area contributed by atoms with Crippen LogP contribution in [-0.2, 0) is 35.0 Å². The van der Waals surface area contributed by atoms with E-state index in [-0.39, 0.29) is 12.5 Å². The monoisotopic (exact) mass is 692 g/mol. The van der Waals surface area contributed by atoms with Crippen molar-refractivity contribution in [3.63, 3.8) is 0 Å². The molecule has 2 aromatic heterocycles. The van der Waals surface area contributed by atoms with Gasteiger partial charge in [0.2, 0.25) is 0 Å². The van der Waals surface area contributed by atoms with Gasteiger partial charge < -0.3 is 38.2 Å². The summed E-state index contributed by atoms with van der Waals surface area (Å²) in [5, 5.41) is 20.7. The Morgan fingerprint density at radius 1 is 0.846 bits per heavy atom. The van der Waals surface area contributed by atoms with E-state index in [2.05, 4.69) is 38.6 Å². The third kappa shape index (κ3) is 4.19. The number of amides is 1. The van der Waals surface area contributed by atoms with Crippen molar-refractivity contribution >= 4 is 55.2 Å². The number of nitrogens with zero attached hydrogens (tertiary/aromatic N) is 4. The molecule has 3 atom stereocenters. The maximum atomic E-state index is 14.8. The van der Waals surface area contributed by atoms with Crippen LogP contribution in [0.1, 0.15) is 46.6 Å². The number of methoxy groups -OCH3 is 2. The zero-order valence-electron chi connectivity index (χ0n) is 29.0. The van der Waals surface area contributed by atoms with Crippen molar-refractivity contribution in [1.82, 2.24) is 14.0 Å². The van der Waals surface area contributed by atoms with Crippen LogP contribution >= 0.6 is 0 Å². The molecule has 7 aromatic rings. The van der Waals surface area contributed by atoms with Crippen molar-refractivity contribution in [2.45, 2.75) is 51.1 Å². The lowest BCUT2D eigenvalue weighted by molar-refractivity contribution is -0.205. The van der Waals surface area contributed by atoms with E-state index in [1.54, 1.807) is 14.2 Å². The van der Waals surface area contributed by atoms with Gasteiger partial charge in [0.1, 0.15) is 18.9 Å². The summed E-state index contributed by atoms with van der Waals surface area (Å²) in [5.74, 6) is 1.23. The number of fused-ring (bicyclic) bond motifs is 13. The Morgan fingerprint density at radius 3 is 2.33 bits per heavy atom. The summed E-state index contributed by atoms with van der Waals surface area (Å²) in [6, 6.07) is 32.0. The number of ether oxygens (including phenoxy) is 3. The van der Waals surface area contributed by atoms with Gasteiger partial charge in [-0.25, -0.2) is 0 Å². The normalized spacial score (nSPS) is 21.5. The van der Waals surface area contributed by atoms with E-state index in [0.29, 0.717) is 42.3 Å². The minimum atomic E-state index is -1.25. The van der Waals surface area contributed by atoms with Crippen molar-refractivity contribution in [2.75, 3.05) is 14.2 Å². The summed E-state index contributed by atoms with van der Waals surface area (Å²) < 4.78 is 22.5. The number of aliphatic hydroxyl groups is 1. The van der Waals surface area contributed by atoms with E-state index in [4.69, 9.17) is 19.0 Å². The van der Waals surface area contributed by atoms with Crippen LogP contribution in [0.5, 0.6) is 11.5 Å². The quantitative estimate of drug-likeness (QED) is 0.173. The second-order valence-electron chi connectivity index (χ2n) is 14.0. The molecule has 1 fully saturated rings. The molecule has 260 valence electrons. The molecule has 10 nitrogen and oxygen atoms in total. The molecule has 0 aliphatic carbocycles. The minimum absolute atomic E-state index is 0.0256. The molecule has 5 aromatic carbocycles. The Morgan fingerprint density at radius 2 is 1.56 bits per heavy atom. The Hall–Kier alpha value is -5.84. The molecule has 52 heavy (non-hydrogen) atoms. The van der Waals surface area contributed by atoms with Gasteiger partial charge in [0.15, 0.2) is 17.2 Å². The van der Waals surface area contributed by atoms with E-state index >= 15 is 0 Å². The Kier molecular flexibility index (Phi) is 6.74. The van der Waals surface area contributed by atoms with Crippen LogP contribution in [0, 0.1) is 0 Å². The van der Waals surface area contributed by atoms with E-state index in [0.717, 1.165) is 60.3 Å². The predicted octanol–water partition coefficient (Wildman–Crippen LogP) is 7.61. The molecule has 10 rings (SSSR count). The molecule has 1 N–H and O–H groups in total. The van der Waals surface area contributed by atoms with Gasteiger partial charge in [0.25, 0.3) is 5.91 Å². The lowest BCUT2D eigenvalue weighted by Gasteiger charge is -2.43. The van der Waals surface area contributed by atoms with Crippen LogP contribution < -0.4 is 9.47 Å². The van der Waals surface area contributed by atoms with Crippen LogP contribution in [-0.4, -0.2) is 51.1 Å². The highest BCUT2D eigenvalue weighted by Crippen LogP contribution is 2.53. The highest BCUT2D eigenvalue weighted by atomic mass is 16.6. The number of hydrogen-bond acceptors (Lipinski definition) is 7. The molecular weight excluding hydrogens is 656 g/mol. The molecule has 10 heteroatoms. The SMILES string of the molecule is COc1ccc(CN2Cc3c(c4c5ccccc5n5c4c4c3c3ccccc3n4[C@@]3(C)O[C@@H]5C/C(=N\OCc4ccccc4)[C@H]3O)C2=O)cc1OC. The third-order valence-corrected chi connectivity index (χ3v) is 11.1. The number of oxime groups is 1. The summed E-state index contributed by atoms with van der Waals surface area (Å²) >= 11 is 0. The molecule has 0 spiro atoms. The van der Waals surface area contributed by atoms with Crippen molar-refractivity contribution in [2.24, 2.45) is 5.16 Å².